The number of aromatic nitrogens is 4. The minimum absolute atomic E-state index is 0.673. The van der Waals surface area contributed by atoms with Gasteiger partial charge in [-0.2, -0.15) is 0 Å². The first kappa shape index (κ1) is 14.0. The Balaban J connectivity index is 1.88. The zero-order valence-corrected chi connectivity index (χ0v) is 13.3. The van der Waals surface area contributed by atoms with Crippen LogP contribution in [-0.2, 0) is 0 Å². The standard InChI is InChI=1S/C20H13BN4/c21-20-18-7-5-16(24-18)10-14-3-1-12(22-14)9-13-2-4-15(23-13)11-17-6-8-19(20)25-17/h1-11,24-25H. The number of H-pyrrole nitrogens is 2. The molecule has 3 aromatic rings. The fraction of sp³-hybridized carbons (Fsp3) is 0. The average Bonchev–Trinajstić information content (AvgIpc) is 3.36. The molecule has 2 aliphatic heterocycles. The lowest BCUT2D eigenvalue weighted by Gasteiger charge is -1.91. The summed E-state index contributed by atoms with van der Waals surface area (Å²) in [5, 5.41) is 0. The van der Waals surface area contributed by atoms with E-state index in [4.69, 9.17) is 7.85 Å². The molecule has 2 aliphatic rings. The molecule has 2 N–H and O–H groups in total. The molecule has 0 unspecified atom stereocenters. The van der Waals surface area contributed by atoms with Gasteiger partial charge < -0.3 is 9.97 Å². The lowest BCUT2D eigenvalue weighted by molar-refractivity contribution is 1.28. The molecule has 5 rings (SSSR count). The average molecular weight is 320 g/mol. The summed E-state index contributed by atoms with van der Waals surface area (Å²) >= 11 is 0. The van der Waals surface area contributed by atoms with Crippen molar-refractivity contribution >= 4 is 59.7 Å². The van der Waals surface area contributed by atoms with Crippen LogP contribution in [0.5, 0.6) is 0 Å². The highest BCUT2D eigenvalue weighted by Crippen LogP contribution is 2.16. The van der Waals surface area contributed by atoms with Crippen molar-refractivity contribution < 1.29 is 0 Å². The second-order valence-electron chi connectivity index (χ2n) is 6.09. The molecule has 116 valence electrons. The van der Waals surface area contributed by atoms with Crippen molar-refractivity contribution in [3.05, 3.63) is 65.2 Å². The van der Waals surface area contributed by atoms with E-state index in [2.05, 4.69) is 19.9 Å². The van der Waals surface area contributed by atoms with Crippen LogP contribution in [0.1, 0.15) is 22.8 Å². The van der Waals surface area contributed by atoms with Gasteiger partial charge in [-0.1, -0.05) is 5.46 Å². The van der Waals surface area contributed by atoms with Crippen LogP contribution in [0.3, 0.4) is 0 Å². The minimum Gasteiger partial charge on any atom is -0.356 e. The molecule has 2 radical (unpaired) electrons. The van der Waals surface area contributed by atoms with E-state index >= 15 is 0 Å². The maximum Gasteiger partial charge on any atom is 0.119 e. The Bertz CT molecular complexity index is 1120. The van der Waals surface area contributed by atoms with Gasteiger partial charge in [0.1, 0.15) is 7.85 Å². The van der Waals surface area contributed by atoms with E-state index in [0.717, 1.165) is 44.8 Å². The summed E-state index contributed by atoms with van der Waals surface area (Å²) < 4.78 is 0. The highest BCUT2D eigenvalue weighted by atomic mass is 14.8. The molecule has 0 amide bonds. The molecule has 4 nitrogen and oxygen atoms in total. The van der Waals surface area contributed by atoms with Crippen molar-refractivity contribution in [1.82, 2.24) is 19.9 Å². The Kier molecular flexibility index (Phi) is 3.00. The summed E-state index contributed by atoms with van der Waals surface area (Å²) in [6.45, 7) is 0. The Morgan fingerprint density at radius 1 is 0.600 bits per heavy atom. The monoisotopic (exact) mass is 320 g/mol. The van der Waals surface area contributed by atoms with E-state index in [9.17, 15) is 0 Å². The van der Waals surface area contributed by atoms with Crippen LogP contribution in [-0.4, -0.2) is 27.8 Å². The molecule has 5 heterocycles. The third kappa shape index (κ3) is 2.60. The van der Waals surface area contributed by atoms with Gasteiger partial charge >= 0.3 is 0 Å². The number of fused-ring (bicyclic) bond motifs is 8. The maximum atomic E-state index is 6.31. The van der Waals surface area contributed by atoms with E-state index in [1.165, 1.54) is 0 Å². The third-order valence-electron chi connectivity index (χ3n) is 4.27. The van der Waals surface area contributed by atoms with Crippen molar-refractivity contribution in [2.75, 3.05) is 0 Å². The Morgan fingerprint density at radius 3 is 1.52 bits per heavy atom. The summed E-state index contributed by atoms with van der Waals surface area (Å²) in [5.41, 5.74) is 7.91. The molecule has 0 saturated carbocycles. The van der Waals surface area contributed by atoms with E-state index in [1.54, 1.807) is 0 Å². The summed E-state index contributed by atoms with van der Waals surface area (Å²) in [6.07, 6.45) is 7.96. The van der Waals surface area contributed by atoms with E-state index in [-0.39, 0.29) is 0 Å². The summed E-state index contributed by atoms with van der Waals surface area (Å²) in [5.74, 6) is 0. The minimum atomic E-state index is 0.673. The number of hydrogen-bond donors (Lipinski definition) is 2. The molecule has 0 atom stereocenters. The van der Waals surface area contributed by atoms with Gasteiger partial charge in [-0.15, -0.1) is 0 Å². The zero-order valence-electron chi connectivity index (χ0n) is 13.3. The fourth-order valence-corrected chi connectivity index (χ4v) is 3.03. The van der Waals surface area contributed by atoms with Crippen molar-refractivity contribution in [3.63, 3.8) is 0 Å². The molecule has 0 saturated heterocycles. The van der Waals surface area contributed by atoms with Crippen molar-refractivity contribution in [2.24, 2.45) is 0 Å². The van der Waals surface area contributed by atoms with Gasteiger partial charge in [0.2, 0.25) is 0 Å². The van der Waals surface area contributed by atoms with Gasteiger partial charge in [-0.3, -0.25) is 0 Å². The number of aromatic amines is 2. The molecule has 25 heavy (non-hydrogen) atoms. The van der Waals surface area contributed by atoms with Crippen LogP contribution in [0, 0.1) is 0 Å². The SMILES string of the molecule is [B]c1c2ccc(cc3nc(cc4nc(cc5ccc1[nH]5)C=C4)C=C3)[nH]2. The molecule has 0 aliphatic carbocycles. The first-order chi connectivity index (χ1) is 12.2. The highest BCUT2D eigenvalue weighted by Gasteiger charge is 2.03. The number of hydrogen-bond acceptors (Lipinski definition) is 2. The molecule has 0 aromatic carbocycles. The van der Waals surface area contributed by atoms with Crippen LogP contribution < -0.4 is 5.46 Å². The number of nitrogens with one attached hydrogen (secondary N) is 2. The lowest BCUT2D eigenvalue weighted by atomic mass is 9.96. The van der Waals surface area contributed by atoms with Crippen molar-refractivity contribution in [1.29, 1.82) is 0 Å². The smallest absolute Gasteiger partial charge is 0.119 e. The fourth-order valence-electron chi connectivity index (χ4n) is 3.03. The van der Waals surface area contributed by atoms with Gasteiger partial charge in [0, 0.05) is 22.1 Å². The van der Waals surface area contributed by atoms with E-state index in [0.29, 0.717) is 5.46 Å². The largest absolute Gasteiger partial charge is 0.356 e. The molecule has 3 aromatic heterocycles. The molecule has 5 heteroatoms. The molecule has 0 fully saturated rings. The highest BCUT2D eigenvalue weighted by molar-refractivity contribution is 6.41. The first-order valence-electron chi connectivity index (χ1n) is 8.06. The summed E-state index contributed by atoms with van der Waals surface area (Å²) in [7, 11) is 6.31. The quantitative estimate of drug-likeness (QED) is 0.429. The third-order valence-corrected chi connectivity index (χ3v) is 4.27. The Morgan fingerprint density at radius 2 is 1.04 bits per heavy atom. The van der Waals surface area contributed by atoms with Crippen LogP contribution in [0.2, 0.25) is 0 Å². The summed E-state index contributed by atoms with van der Waals surface area (Å²) in [4.78, 5) is 15.9. The maximum absolute atomic E-state index is 6.31. The van der Waals surface area contributed by atoms with E-state index < -0.39 is 0 Å². The van der Waals surface area contributed by atoms with E-state index in [1.807, 2.05) is 66.8 Å². The molecule has 8 bridgehead atoms. The topological polar surface area (TPSA) is 57.4 Å². The van der Waals surface area contributed by atoms with Gasteiger partial charge in [0.15, 0.2) is 0 Å². The van der Waals surface area contributed by atoms with Gasteiger partial charge in [-0.25, -0.2) is 9.97 Å². The molecular formula is C20H13BN4. The molecular weight excluding hydrogens is 307 g/mol. The first-order valence-corrected chi connectivity index (χ1v) is 8.06. The van der Waals surface area contributed by atoms with Crippen LogP contribution >= 0.6 is 0 Å². The normalized spacial score (nSPS) is 12.6. The number of nitrogens with zero attached hydrogens (tertiary/aromatic N) is 2. The predicted molar refractivity (Wildman–Crippen MR) is 104 cm³/mol. The summed E-state index contributed by atoms with van der Waals surface area (Å²) in [6, 6.07) is 13.9. The van der Waals surface area contributed by atoms with Crippen LogP contribution in [0.15, 0.2) is 42.5 Å². The second kappa shape index (κ2) is 5.35. The van der Waals surface area contributed by atoms with Gasteiger partial charge in [0.25, 0.3) is 0 Å². The second-order valence-corrected chi connectivity index (χ2v) is 6.09. The molecule has 0 spiro atoms. The van der Waals surface area contributed by atoms with Crippen LogP contribution in [0.25, 0.3) is 46.4 Å². The Labute approximate surface area is 145 Å². The predicted octanol–water partition coefficient (Wildman–Crippen LogP) is 3.45. The van der Waals surface area contributed by atoms with Crippen molar-refractivity contribution in [2.45, 2.75) is 0 Å². The Hall–Kier alpha value is -3.34. The van der Waals surface area contributed by atoms with Gasteiger partial charge in [0.05, 0.1) is 22.8 Å². The lowest BCUT2D eigenvalue weighted by Crippen LogP contribution is -2.03. The van der Waals surface area contributed by atoms with Crippen LogP contribution in [0.4, 0.5) is 0 Å². The number of rotatable bonds is 0. The zero-order chi connectivity index (χ0) is 16.8. The van der Waals surface area contributed by atoms with Gasteiger partial charge in [-0.05, 0) is 66.8 Å². The van der Waals surface area contributed by atoms with Crippen molar-refractivity contribution in [3.8, 4) is 0 Å².